The van der Waals surface area contributed by atoms with Crippen LogP contribution in [0.2, 0.25) is 0 Å². The van der Waals surface area contributed by atoms with Crippen molar-refractivity contribution in [1.29, 1.82) is 0 Å². The average molecular weight is 360 g/mol. The average Bonchev–Trinajstić information content (AvgIpc) is 3.06. The molecular weight excluding hydrogens is 336 g/mol. The number of rotatable bonds is 5. The first kappa shape index (κ1) is 16.6. The van der Waals surface area contributed by atoms with Crippen molar-refractivity contribution in [2.75, 3.05) is 0 Å². The van der Waals surface area contributed by atoms with Crippen LogP contribution in [0.4, 0.5) is 0 Å². The Hall–Kier alpha value is -1.89. The summed E-state index contributed by atoms with van der Waals surface area (Å²) in [6.07, 6.45) is 5.32. The van der Waals surface area contributed by atoms with Gasteiger partial charge in [-0.3, -0.25) is 14.3 Å². The van der Waals surface area contributed by atoms with Gasteiger partial charge in [-0.05, 0) is 44.1 Å². The number of amides is 2. The van der Waals surface area contributed by atoms with Crippen LogP contribution in [0.15, 0.2) is 6.07 Å². The molecule has 2 aromatic rings. The molecule has 0 bridgehead atoms. The smallest absolute Gasteiger partial charge is 0.261 e. The Morgan fingerprint density at radius 3 is 2.76 bits per heavy atom. The molecule has 0 atom stereocenters. The molecule has 25 heavy (non-hydrogen) atoms. The van der Waals surface area contributed by atoms with Gasteiger partial charge in [0.15, 0.2) is 0 Å². The van der Waals surface area contributed by atoms with E-state index in [2.05, 4.69) is 22.7 Å². The highest BCUT2D eigenvalue weighted by Gasteiger charge is 2.31. The second-order valence-electron chi connectivity index (χ2n) is 7.49. The largest absolute Gasteiger partial charge is 0.350 e. The molecule has 2 aromatic heterocycles. The van der Waals surface area contributed by atoms with E-state index < -0.39 is 0 Å². The Morgan fingerprint density at radius 2 is 2.12 bits per heavy atom. The topological polar surface area (TPSA) is 76.0 Å². The minimum absolute atomic E-state index is 0.00402. The number of nitrogens with one attached hydrogen (secondary N) is 2. The van der Waals surface area contributed by atoms with E-state index in [0.717, 1.165) is 46.5 Å². The van der Waals surface area contributed by atoms with Gasteiger partial charge in [0, 0.05) is 24.4 Å². The number of carbonyl (C=O) groups is 2. The zero-order chi connectivity index (χ0) is 17.6. The maximum Gasteiger partial charge on any atom is 0.261 e. The number of carbonyl (C=O) groups excluding carboxylic acids is 2. The van der Waals surface area contributed by atoms with Crippen LogP contribution in [0.1, 0.15) is 54.4 Å². The minimum atomic E-state index is 0.00402. The van der Waals surface area contributed by atoms with Gasteiger partial charge >= 0.3 is 0 Å². The molecule has 4 rings (SSSR count). The lowest BCUT2D eigenvalue weighted by molar-refractivity contribution is -0.129. The molecule has 0 aliphatic heterocycles. The van der Waals surface area contributed by atoms with Crippen LogP contribution in [-0.4, -0.2) is 27.6 Å². The predicted octanol–water partition coefficient (Wildman–Crippen LogP) is 2.58. The third-order valence-electron chi connectivity index (χ3n) is 5.43. The summed E-state index contributed by atoms with van der Waals surface area (Å²) in [7, 11) is 1.88. The first-order chi connectivity index (χ1) is 12.0. The highest BCUT2D eigenvalue weighted by Crippen LogP contribution is 2.33. The zero-order valence-electron chi connectivity index (χ0n) is 14.7. The Labute approximate surface area is 151 Å². The van der Waals surface area contributed by atoms with Gasteiger partial charge in [0.1, 0.15) is 4.83 Å². The van der Waals surface area contributed by atoms with Gasteiger partial charge in [-0.15, -0.1) is 11.3 Å². The van der Waals surface area contributed by atoms with E-state index in [1.807, 2.05) is 13.1 Å². The second kappa shape index (κ2) is 6.44. The van der Waals surface area contributed by atoms with Gasteiger partial charge in [-0.1, -0.05) is 6.92 Å². The van der Waals surface area contributed by atoms with Crippen molar-refractivity contribution in [3.8, 4) is 0 Å². The first-order valence-electron chi connectivity index (χ1n) is 9.05. The summed E-state index contributed by atoms with van der Waals surface area (Å²) in [5, 5.41) is 11.6. The van der Waals surface area contributed by atoms with Crippen molar-refractivity contribution in [2.45, 2.75) is 51.6 Å². The lowest BCUT2D eigenvalue weighted by Crippen LogP contribution is -2.39. The van der Waals surface area contributed by atoms with Crippen LogP contribution in [0.5, 0.6) is 0 Å². The lowest BCUT2D eigenvalue weighted by atomic mass is 9.76. The first-order valence-corrected chi connectivity index (χ1v) is 9.87. The van der Waals surface area contributed by atoms with E-state index in [-0.39, 0.29) is 17.7 Å². The summed E-state index contributed by atoms with van der Waals surface area (Å²) < 4.78 is 1.80. The number of nitrogens with zero attached hydrogens (tertiary/aromatic N) is 2. The quantitative estimate of drug-likeness (QED) is 0.860. The fourth-order valence-electron chi connectivity index (χ4n) is 3.59. The Balaban J connectivity index is 1.45. The van der Waals surface area contributed by atoms with E-state index in [4.69, 9.17) is 0 Å². The molecule has 0 spiro atoms. The summed E-state index contributed by atoms with van der Waals surface area (Å²) in [6, 6.07) is 2.24. The summed E-state index contributed by atoms with van der Waals surface area (Å²) in [6.45, 7) is 2.59. The Bertz CT molecular complexity index is 815. The number of aromatic nitrogens is 2. The Kier molecular flexibility index (Phi) is 4.27. The molecule has 2 saturated carbocycles. The van der Waals surface area contributed by atoms with Crippen molar-refractivity contribution >= 4 is 33.4 Å². The summed E-state index contributed by atoms with van der Waals surface area (Å²) in [4.78, 5) is 26.2. The van der Waals surface area contributed by atoms with Gasteiger partial charge in [0.2, 0.25) is 5.91 Å². The number of hydrogen-bond donors (Lipinski definition) is 2. The maximum atomic E-state index is 12.4. The molecule has 6 nitrogen and oxygen atoms in total. The van der Waals surface area contributed by atoms with Gasteiger partial charge in [0.05, 0.1) is 17.1 Å². The van der Waals surface area contributed by atoms with E-state index in [0.29, 0.717) is 18.5 Å². The fourth-order valence-corrected chi connectivity index (χ4v) is 4.59. The van der Waals surface area contributed by atoms with Crippen LogP contribution in [0.3, 0.4) is 0 Å². The molecule has 2 N–H and O–H groups in total. The number of fused-ring (bicyclic) bond motifs is 1. The maximum absolute atomic E-state index is 12.4. The molecule has 2 amide bonds. The third-order valence-corrected chi connectivity index (χ3v) is 6.63. The van der Waals surface area contributed by atoms with Crippen LogP contribution in [0.25, 0.3) is 10.2 Å². The van der Waals surface area contributed by atoms with Crippen molar-refractivity contribution in [1.82, 2.24) is 20.4 Å². The molecule has 134 valence electrons. The minimum Gasteiger partial charge on any atom is -0.350 e. The molecule has 7 heteroatoms. The lowest BCUT2D eigenvalue weighted by Gasteiger charge is -2.31. The third kappa shape index (κ3) is 3.17. The SMILES string of the molecule is CC1CC(C(=O)NCc2nn(C)c3sc(C(=O)NC4CCC4)cc23)C1. The standard InChI is InChI=1S/C18H24N4O2S/c1-10-6-11(7-10)16(23)19-9-14-13-8-15(25-18(13)22(2)21-14)17(24)20-12-4-3-5-12/h8,10-12H,3-7,9H2,1-2H3,(H,19,23)(H,20,24). The summed E-state index contributed by atoms with van der Waals surface area (Å²) >= 11 is 1.46. The van der Waals surface area contributed by atoms with E-state index >= 15 is 0 Å². The van der Waals surface area contributed by atoms with Crippen LogP contribution in [0, 0.1) is 11.8 Å². The van der Waals surface area contributed by atoms with Crippen molar-refractivity contribution in [3.05, 3.63) is 16.6 Å². The molecule has 0 saturated heterocycles. The van der Waals surface area contributed by atoms with Gasteiger partial charge in [-0.25, -0.2) is 0 Å². The van der Waals surface area contributed by atoms with Crippen molar-refractivity contribution < 1.29 is 9.59 Å². The molecule has 0 unspecified atom stereocenters. The molecule has 2 aliphatic rings. The zero-order valence-corrected chi connectivity index (χ0v) is 15.5. The van der Waals surface area contributed by atoms with Crippen molar-refractivity contribution in [2.24, 2.45) is 18.9 Å². The highest BCUT2D eigenvalue weighted by atomic mass is 32.1. The molecular formula is C18H24N4O2S. The highest BCUT2D eigenvalue weighted by molar-refractivity contribution is 7.20. The van der Waals surface area contributed by atoms with E-state index in [1.165, 1.54) is 17.8 Å². The van der Waals surface area contributed by atoms with Crippen LogP contribution in [-0.2, 0) is 18.4 Å². The van der Waals surface area contributed by atoms with Crippen LogP contribution >= 0.6 is 11.3 Å². The predicted molar refractivity (Wildman–Crippen MR) is 97.4 cm³/mol. The molecule has 0 aromatic carbocycles. The van der Waals surface area contributed by atoms with Crippen LogP contribution < -0.4 is 10.6 Å². The van der Waals surface area contributed by atoms with E-state index in [1.54, 1.807) is 4.68 Å². The van der Waals surface area contributed by atoms with E-state index in [9.17, 15) is 9.59 Å². The molecule has 2 fully saturated rings. The van der Waals surface area contributed by atoms with Crippen molar-refractivity contribution in [3.63, 3.8) is 0 Å². The second-order valence-corrected chi connectivity index (χ2v) is 8.52. The molecule has 2 aliphatic carbocycles. The van der Waals surface area contributed by atoms with Gasteiger partial charge in [0.25, 0.3) is 5.91 Å². The number of thiophene rings is 1. The summed E-state index contributed by atoms with van der Waals surface area (Å²) in [5.41, 5.74) is 0.831. The monoisotopic (exact) mass is 360 g/mol. The van der Waals surface area contributed by atoms with Gasteiger partial charge < -0.3 is 10.6 Å². The number of hydrogen-bond acceptors (Lipinski definition) is 4. The summed E-state index contributed by atoms with van der Waals surface area (Å²) in [5.74, 6) is 0.936. The van der Waals surface area contributed by atoms with Gasteiger partial charge in [-0.2, -0.15) is 5.10 Å². The number of aryl methyl sites for hydroxylation is 1. The Morgan fingerprint density at radius 1 is 1.36 bits per heavy atom. The molecule has 2 heterocycles. The fraction of sp³-hybridized carbons (Fsp3) is 0.611. The molecule has 0 radical (unpaired) electrons. The normalized spacial score (nSPS) is 23.1.